The molecule has 0 saturated heterocycles. The maximum Gasteiger partial charge on any atom is 0.224 e. The van der Waals surface area contributed by atoms with Gasteiger partial charge in [-0.3, -0.25) is 4.79 Å². The quantitative estimate of drug-likeness (QED) is 0.939. The molecule has 1 aliphatic heterocycles. The number of fused-ring (bicyclic) bond motifs is 1. The van der Waals surface area contributed by atoms with Gasteiger partial charge in [0, 0.05) is 11.1 Å². The van der Waals surface area contributed by atoms with Gasteiger partial charge >= 0.3 is 0 Å². The lowest BCUT2D eigenvalue weighted by atomic mass is 10.1. The topological polar surface area (TPSA) is 60.5 Å². The summed E-state index contributed by atoms with van der Waals surface area (Å²) >= 11 is 1.55. The zero-order valence-electron chi connectivity index (χ0n) is 11.7. The summed E-state index contributed by atoms with van der Waals surface area (Å²) in [6, 6.07) is 5.60. The van der Waals surface area contributed by atoms with Crippen LogP contribution in [0, 0.1) is 6.92 Å². The van der Waals surface area contributed by atoms with Crippen LogP contribution >= 0.6 is 11.3 Å². The SMILES string of the molecule is Cc1csc(CNC(=O)Cc2ccc3c(c2)OCCO3)n1. The first-order valence-corrected chi connectivity index (χ1v) is 7.65. The zero-order valence-corrected chi connectivity index (χ0v) is 12.5. The minimum Gasteiger partial charge on any atom is -0.486 e. The molecule has 5 nitrogen and oxygen atoms in total. The fourth-order valence-electron chi connectivity index (χ4n) is 2.10. The monoisotopic (exact) mass is 304 g/mol. The van der Waals surface area contributed by atoms with Gasteiger partial charge < -0.3 is 14.8 Å². The van der Waals surface area contributed by atoms with E-state index >= 15 is 0 Å². The van der Waals surface area contributed by atoms with Gasteiger partial charge in [0.2, 0.25) is 5.91 Å². The number of aryl methyl sites for hydroxylation is 1. The van der Waals surface area contributed by atoms with E-state index in [1.165, 1.54) is 0 Å². The van der Waals surface area contributed by atoms with Crippen LogP contribution in [0.3, 0.4) is 0 Å². The Bertz CT molecular complexity index is 654. The molecule has 1 aromatic carbocycles. The highest BCUT2D eigenvalue weighted by Crippen LogP contribution is 2.30. The molecule has 0 bridgehead atoms. The van der Waals surface area contributed by atoms with Crippen LogP contribution in [-0.2, 0) is 17.8 Å². The Hall–Kier alpha value is -2.08. The fourth-order valence-corrected chi connectivity index (χ4v) is 2.82. The lowest BCUT2D eigenvalue weighted by Crippen LogP contribution is -2.24. The summed E-state index contributed by atoms with van der Waals surface area (Å²) < 4.78 is 11.0. The summed E-state index contributed by atoms with van der Waals surface area (Å²) in [5.41, 5.74) is 1.89. The van der Waals surface area contributed by atoms with Crippen molar-refractivity contribution in [2.75, 3.05) is 13.2 Å². The fraction of sp³-hybridized carbons (Fsp3) is 0.333. The van der Waals surface area contributed by atoms with Gasteiger partial charge in [-0.1, -0.05) is 6.07 Å². The molecule has 0 atom stereocenters. The van der Waals surface area contributed by atoms with Crippen molar-refractivity contribution in [1.29, 1.82) is 0 Å². The van der Waals surface area contributed by atoms with Crippen LogP contribution in [0.2, 0.25) is 0 Å². The second-order valence-corrected chi connectivity index (χ2v) is 5.76. The first-order chi connectivity index (χ1) is 10.2. The van der Waals surface area contributed by atoms with Crippen molar-refractivity contribution >= 4 is 17.2 Å². The van der Waals surface area contributed by atoms with E-state index in [1.807, 2.05) is 30.5 Å². The Morgan fingerprint density at radius 1 is 1.33 bits per heavy atom. The zero-order chi connectivity index (χ0) is 14.7. The highest BCUT2D eigenvalue weighted by Gasteiger charge is 2.13. The van der Waals surface area contributed by atoms with Gasteiger partial charge in [-0.2, -0.15) is 0 Å². The standard InChI is InChI=1S/C15H16N2O3S/c1-10-9-21-15(17-10)8-16-14(18)7-11-2-3-12-13(6-11)20-5-4-19-12/h2-3,6,9H,4-5,7-8H2,1H3,(H,16,18). The predicted octanol–water partition coefficient (Wildman–Crippen LogP) is 2.08. The van der Waals surface area contributed by atoms with Gasteiger partial charge in [0.05, 0.1) is 13.0 Å². The van der Waals surface area contributed by atoms with Crippen molar-refractivity contribution < 1.29 is 14.3 Å². The number of thiazole rings is 1. The number of ether oxygens (including phenoxy) is 2. The third-order valence-corrected chi connectivity index (χ3v) is 4.04. The van der Waals surface area contributed by atoms with Gasteiger partial charge in [-0.15, -0.1) is 11.3 Å². The van der Waals surface area contributed by atoms with Gasteiger partial charge in [0.1, 0.15) is 18.2 Å². The van der Waals surface area contributed by atoms with E-state index in [1.54, 1.807) is 11.3 Å². The molecule has 0 fully saturated rings. The number of benzene rings is 1. The number of nitrogens with zero attached hydrogens (tertiary/aromatic N) is 1. The van der Waals surface area contributed by atoms with Gasteiger partial charge in [0.25, 0.3) is 0 Å². The third-order valence-electron chi connectivity index (χ3n) is 3.07. The maximum absolute atomic E-state index is 12.0. The Labute approximate surface area is 126 Å². The summed E-state index contributed by atoms with van der Waals surface area (Å²) in [7, 11) is 0. The molecular formula is C15H16N2O3S. The molecule has 21 heavy (non-hydrogen) atoms. The first-order valence-electron chi connectivity index (χ1n) is 6.77. The van der Waals surface area contributed by atoms with Gasteiger partial charge in [0.15, 0.2) is 11.5 Å². The van der Waals surface area contributed by atoms with Crippen molar-refractivity contribution in [1.82, 2.24) is 10.3 Å². The summed E-state index contributed by atoms with van der Waals surface area (Å²) in [4.78, 5) is 16.3. The highest BCUT2D eigenvalue weighted by molar-refractivity contribution is 7.09. The molecule has 0 radical (unpaired) electrons. The molecule has 6 heteroatoms. The summed E-state index contributed by atoms with van der Waals surface area (Å²) in [5.74, 6) is 1.42. The number of carbonyl (C=O) groups is 1. The number of rotatable bonds is 4. The number of carbonyl (C=O) groups excluding carboxylic acids is 1. The smallest absolute Gasteiger partial charge is 0.224 e. The normalized spacial score (nSPS) is 13.0. The molecule has 0 saturated carbocycles. The van der Waals surface area contributed by atoms with E-state index in [9.17, 15) is 4.79 Å². The van der Waals surface area contributed by atoms with Crippen molar-refractivity contribution in [3.63, 3.8) is 0 Å². The Morgan fingerprint density at radius 3 is 2.90 bits per heavy atom. The first kappa shape index (κ1) is 13.9. The van der Waals surface area contributed by atoms with E-state index in [-0.39, 0.29) is 5.91 Å². The number of nitrogens with one attached hydrogen (secondary N) is 1. The van der Waals surface area contributed by atoms with Crippen LogP contribution in [0.4, 0.5) is 0 Å². The minimum atomic E-state index is -0.0282. The largest absolute Gasteiger partial charge is 0.486 e. The average molecular weight is 304 g/mol. The van der Waals surface area contributed by atoms with Crippen LogP contribution < -0.4 is 14.8 Å². The molecule has 2 aromatic rings. The number of hydrogen-bond acceptors (Lipinski definition) is 5. The second kappa shape index (κ2) is 6.13. The average Bonchev–Trinajstić information content (AvgIpc) is 2.91. The molecule has 1 aromatic heterocycles. The van der Waals surface area contributed by atoms with Crippen molar-refractivity contribution in [3.8, 4) is 11.5 Å². The van der Waals surface area contributed by atoms with Crippen LogP contribution in [0.5, 0.6) is 11.5 Å². The highest BCUT2D eigenvalue weighted by atomic mass is 32.1. The van der Waals surface area contributed by atoms with E-state index in [0.29, 0.717) is 31.9 Å². The van der Waals surface area contributed by atoms with Gasteiger partial charge in [-0.05, 0) is 24.6 Å². The summed E-state index contributed by atoms with van der Waals surface area (Å²) in [6.07, 6.45) is 0.320. The number of hydrogen-bond donors (Lipinski definition) is 1. The summed E-state index contributed by atoms with van der Waals surface area (Å²) in [5, 5.41) is 5.77. The molecule has 1 aliphatic rings. The van der Waals surface area contributed by atoms with E-state index in [0.717, 1.165) is 22.0 Å². The van der Waals surface area contributed by atoms with Crippen LogP contribution in [-0.4, -0.2) is 24.1 Å². The molecule has 2 heterocycles. The Kier molecular flexibility index (Phi) is 4.06. The lowest BCUT2D eigenvalue weighted by Gasteiger charge is -2.18. The van der Waals surface area contributed by atoms with Crippen molar-refractivity contribution in [2.45, 2.75) is 19.9 Å². The molecule has 0 unspecified atom stereocenters. The molecule has 0 aliphatic carbocycles. The van der Waals surface area contributed by atoms with E-state index in [4.69, 9.17) is 9.47 Å². The minimum absolute atomic E-state index is 0.0282. The predicted molar refractivity (Wildman–Crippen MR) is 79.8 cm³/mol. The number of amides is 1. The van der Waals surface area contributed by atoms with E-state index < -0.39 is 0 Å². The van der Waals surface area contributed by atoms with Crippen LogP contribution in [0.25, 0.3) is 0 Å². The Balaban J connectivity index is 1.57. The maximum atomic E-state index is 12.0. The lowest BCUT2D eigenvalue weighted by molar-refractivity contribution is -0.120. The second-order valence-electron chi connectivity index (χ2n) is 4.81. The third kappa shape index (κ3) is 3.52. The van der Waals surface area contributed by atoms with Crippen LogP contribution in [0.1, 0.15) is 16.3 Å². The van der Waals surface area contributed by atoms with E-state index in [2.05, 4.69) is 10.3 Å². The van der Waals surface area contributed by atoms with Gasteiger partial charge in [-0.25, -0.2) is 4.98 Å². The van der Waals surface area contributed by atoms with Crippen molar-refractivity contribution in [2.24, 2.45) is 0 Å². The Morgan fingerprint density at radius 2 is 2.14 bits per heavy atom. The molecule has 0 spiro atoms. The number of aromatic nitrogens is 1. The molecule has 1 N–H and O–H groups in total. The molecule has 110 valence electrons. The molecule has 1 amide bonds. The summed E-state index contributed by atoms with van der Waals surface area (Å²) in [6.45, 7) is 3.53. The molecular weight excluding hydrogens is 288 g/mol. The van der Waals surface area contributed by atoms with Crippen molar-refractivity contribution in [3.05, 3.63) is 39.8 Å². The molecule has 3 rings (SSSR count). The van der Waals surface area contributed by atoms with Crippen LogP contribution in [0.15, 0.2) is 23.6 Å².